The SMILES string of the molecule is N#Cc1ccnc(N2C(=O)OCCC2C(=O)N(c2cc(F)cc(F)c2)[C@H](C(=O)NC2CCC(F)(F)CC2)c2ccccc2Cl)n1. The molecule has 1 N–H and O–H groups in total. The topological polar surface area (TPSA) is 129 Å². The van der Waals surface area contributed by atoms with Crippen molar-refractivity contribution >= 4 is 41.1 Å². The first kappa shape index (κ1) is 31.6. The second-order valence-corrected chi connectivity index (χ2v) is 10.9. The number of nitrogens with zero attached hydrogens (tertiary/aromatic N) is 5. The maximum absolute atomic E-state index is 14.7. The van der Waals surface area contributed by atoms with Crippen LogP contribution < -0.4 is 15.1 Å². The lowest BCUT2D eigenvalue weighted by molar-refractivity contribution is -0.128. The number of rotatable bonds is 7. The monoisotopic (exact) mass is 644 g/mol. The van der Waals surface area contributed by atoms with Gasteiger partial charge in [0.2, 0.25) is 17.8 Å². The summed E-state index contributed by atoms with van der Waals surface area (Å²) in [6.45, 7) is -0.242. The highest BCUT2D eigenvalue weighted by molar-refractivity contribution is 6.31. The van der Waals surface area contributed by atoms with Crippen molar-refractivity contribution < 1.29 is 36.7 Å². The minimum absolute atomic E-state index is 0.0208. The van der Waals surface area contributed by atoms with E-state index in [0.29, 0.717) is 6.07 Å². The van der Waals surface area contributed by atoms with Crippen molar-refractivity contribution in [2.24, 2.45) is 0 Å². The van der Waals surface area contributed by atoms with Gasteiger partial charge in [-0.05, 0) is 37.1 Å². The van der Waals surface area contributed by atoms with Crippen LogP contribution in [0.15, 0.2) is 54.7 Å². The van der Waals surface area contributed by atoms with Crippen molar-refractivity contribution in [3.63, 3.8) is 0 Å². The molecule has 1 aliphatic carbocycles. The largest absolute Gasteiger partial charge is 0.449 e. The molecular weight excluding hydrogens is 620 g/mol. The number of amides is 3. The van der Waals surface area contributed by atoms with E-state index < -0.39 is 72.1 Å². The summed E-state index contributed by atoms with van der Waals surface area (Å²) in [4.78, 5) is 51.3. The molecule has 3 amide bonds. The van der Waals surface area contributed by atoms with Gasteiger partial charge in [0, 0.05) is 48.2 Å². The maximum Gasteiger partial charge on any atom is 0.417 e. The van der Waals surface area contributed by atoms with Gasteiger partial charge in [0.1, 0.15) is 35.5 Å². The Morgan fingerprint density at radius 1 is 1.11 bits per heavy atom. The zero-order valence-electron chi connectivity index (χ0n) is 23.4. The number of alkyl halides is 2. The third-order valence-corrected chi connectivity index (χ3v) is 7.86. The molecule has 1 unspecified atom stereocenters. The van der Waals surface area contributed by atoms with Gasteiger partial charge in [-0.1, -0.05) is 29.8 Å². The van der Waals surface area contributed by atoms with E-state index in [0.717, 1.165) is 21.9 Å². The maximum atomic E-state index is 14.7. The fourth-order valence-corrected chi connectivity index (χ4v) is 5.61. The van der Waals surface area contributed by atoms with E-state index in [4.69, 9.17) is 16.3 Å². The molecule has 1 aromatic heterocycles. The molecule has 15 heteroatoms. The van der Waals surface area contributed by atoms with Crippen LogP contribution in [0, 0.1) is 23.0 Å². The molecule has 0 bridgehead atoms. The predicted octanol–water partition coefficient (Wildman–Crippen LogP) is 5.46. The summed E-state index contributed by atoms with van der Waals surface area (Å²) in [5.41, 5.74) is -0.457. The number of carbonyl (C=O) groups excluding carboxylic acids is 3. The van der Waals surface area contributed by atoms with E-state index in [1.165, 1.54) is 30.5 Å². The third kappa shape index (κ3) is 6.99. The quantitative estimate of drug-likeness (QED) is 0.338. The molecule has 1 saturated heterocycles. The standard InChI is InChI=1S/C30H25ClF4N6O4/c31-23-4-2-1-3-22(23)25(26(42)38-19-5-9-30(34,35)10-6-19)40(21-14-17(32)13-18(33)15-21)27(43)24-8-12-45-29(44)41(24)28-37-11-7-20(16-36)39-28/h1-4,7,11,13-15,19,24-25H,5-6,8-10,12H2,(H,38,42)/t24?,25-/m0/s1. The molecule has 2 atom stereocenters. The molecule has 2 aromatic carbocycles. The van der Waals surface area contributed by atoms with Gasteiger partial charge in [0.05, 0.1) is 12.3 Å². The van der Waals surface area contributed by atoms with Crippen molar-refractivity contribution in [2.45, 2.75) is 56.2 Å². The summed E-state index contributed by atoms with van der Waals surface area (Å²) < 4.78 is 62.2. The number of nitriles is 1. The number of ether oxygens (including phenoxy) is 1. The summed E-state index contributed by atoms with van der Waals surface area (Å²) in [6, 6.07) is 7.45. The molecule has 2 aliphatic rings. The summed E-state index contributed by atoms with van der Waals surface area (Å²) in [5.74, 6) is -7.22. The van der Waals surface area contributed by atoms with Crippen LogP contribution in [0.5, 0.6) is 0 Å². The number of aromatic nitrogens is 2. The minimum Gasteiger partial charge on any atom is -0.449 e. The number of halogens is 5. The van der Waals surface area contributed by atoms with Crippen LogP contribution in [0.25, 0.3) is 0 Å². The van der Waals surface area contributed by atoms with Crippen molar-refractivity contribution in [2.75, 3.05) is 16.4 Å². The van der Waals surface area contributed by atoms with Crippen molar-refractivity contribution in [1.82, 2.24) is 15.3 Å². The van der Waals surface area contributed by atoms with Crippen molar-refractivity contribution in [3.8, 4) is 6.07 Å². The van der Waals surface area contributed by atoms with Crippen LogP contribution in [0.4, 0.5) is 34.0 Å². The third-order valence-electron chi connectivity index (χ3n) is 7.52. The predicted molar refractivity (Wildman–Crippen MR) is 152 cm³/mol. The average Bonchev–Trinajstić information content (AvgIpc) is 3.00. The minimum atomic E-state index is -2.88. The Morgan fingerprint density at radius 3 is 2.47 bits per heavy atom. The van der Waals surface area contributed by atoms with Crippen LogP contribution in [-0.2, 0) is 14.3 Å². The van der Waals surface area contributed by atoms with Crippen LogP contribution in [0.1, 0.15) is 49.4 Å². The molecule has 0 spiro atoms. The Balaban J connectivity index is 1.63. The number of benzene rings is 2. The highest BCUT2D eigenvalue weighted by atomic mass is 35.5. The van der Waals surface area contributed by atoms with E-state index in [9.17, 15) is 37.2 Å². The Morgan fingerprint density at radius 2 is 1.80 bits per heavy atom. The van der Waals surface area contributed by atoms with Gasteiger partial charge in [0.15, 0.2) is 0 Å². The Labute approximate surface area is 259 Å². The normalized spacial score (nSPS) is 18.8. The lowest BCUT2D eigenvalue weighted by atomic mass is 9.91. The number of cyclic esters (lactones) is 1. The van der Waals surface area contributed by atoms with Crippen LogP contribution in [0.3, 0.4) is 0 Å². The molecule has 1 aliphatic heterocycles. The number of nitrogens with one attached hydrogen (secondary N) is 1. The fourth-order valence-electron chi connectivity index (χ4n) is 5.37. The second-order valence-electron chi connectivity index (χ2n) is 10.5. The van der Waals surface area contributed by atoms with Gasteiger partial charge in [-0.2, -0.15) is 5.26 Å². The summed E-state index contributed by atoms with van der Waals surface area (Å²) in [5, 5.41) is 12.0. The Hall–Kier alpha value is -4.77. The molecule has 2 fully saturated rings. The first-order valence-electron chi connectivity index (χ1n) is 13.9. The van der Waals surface area contributed by atoms with E-state index in [2.05, 4.69) is 15.3 Å². The number of hydrogen-bond acceptors (Lipinski definition) is 7. The number of anilines is 2. The lowest BCUT2D eigenvalue weighted by Gasteiger charge is -2.39. The molecule has 1 saturated carbocycles. The average molecular weight is 645 g/mol. The second kappa shape index (κ2) is 13.1. The number of carbonyl (C=O) groups is 3. The van der Waals surface area contributed by atoms with E-state index >= 15 is 0 Å². The van der Waals surface area contributed by atoms with Gasteiger partial charge in [-0.25, -0.2) is 37.2 Å². The van der Waals surface area contributed by atoms with Crippen LogP contribution >= 0.6 is 11.6 Å². The molecular formula is C30H25ClF4N6O4. The van der Waals surface area contributed by atoms with Crippen LogP contribution in [0.2, 0.25) is 5.02 Å². The van der Waals surface area contributed by atoms with Crippen LogP contribution in [-0.4, -0.2) is 52.5 Å². The highest BCUT2D eigenvalue weighted by Crippen LogP contribution is 2.37. The van der Waals surface area contributed by atoms with Crippen molar-refractivity contribution in [3.05, 3.63) is 82.6 Å². The zero-order chi connectivity index (χ0) is 32.3. The zero-order valence-corrected chi connectivity index (χ0v) is 24.2. The Bertz CT molecular complexity index is 1640. The smallest absolute Gasteiger partial charge is 0.417 e. The van der Waals surface area contributed by atoms with Gasteiger partial charge in [-0.3, -0.25) is 14.5 Å². The van der Waals surface area contributed by atoms with E-state index in [-0.39, 0.29) is 48.1 Å². The fraction of sp³-hybridized carbons (Fsp3) is 0.333. The highest BCUT2D eigenvalue weighted by Gasteiger charge is 2.45. The van der Waals surface area contributed by atoms with E-state index in [1.54, 1.807) is 6.07 Å². The van der Waals surface area contributed by atoms with Gasteiger partial charge in [0.25, 0.3) is 5.91 Å². The first-order valence-corrected chi connectivity index (χ1v) is 14.3. The van der Waals surface area contributed by atoms with E-state index in [1.807, 2.05) is 6.07 Å². The van der Waals surface area contributed by atoms with Gasteiger partial charge < -0.3 is 10.1 Å². The molecule has 2 heterocycles. The molecule has 5 rings (SSSR count). The molecule has 3 aromatic rings. The summed E-state index contributed by atoms with van der Waals surface area (Å²) in [6.07, 6.45) is -1.04. The van der Waals surface area contributed by atoms with Gasteiger partial charge >= 0.3 is 6.09 Å². The van der Waals surface area contributed by atoms with Crippen molar-refractivity contribution in [1.29, 1.82) is 5.26 Å². The molecule has 234 valence electrons. The molecule has 10 nitrogen and oxygen atoms in total. The number of hydrogen-bond donors (Lipinski definition) is 1. The molecule has 45 heavy (non-hydrogen) atoms. The van der Waals surface area contributed by atoms with Gasteiger partial charge in [-0.15, -0.1) is 0 Å². The first-order chi connectivity index (χ1) is 21.5. The molecule has 0 radical (unpaired) electrons. The summed E-state index contributed by atoms with van der Waals surface area (Å²) >= 11 is 6.51. The lowest BCUT2D eigenvalue weighted by Crippen LogP contribution is -2.58. The Kier molecular flexibility index (Phi) is 9.19. The summed E-state index contributed by atoms with van der Waals surface area (Å²) in [7, 11) is 0.